The van der Waals surface area contributed by atoms with Crippen LogP contribution in [0, 0.1) is 5.92 Å². The fourth-order valence-electron chi connectivity index (χ4n) is 2.89. The molecule has 0 saturated heterocycles. The first-order valence-electron chi connectivity index (χ1n) is 9.69. The molecular formula is C22H28ClN3O4. The van der Waals surface area contributed by atoms with Crippen molar-refractivity contribution in [3.63, 3.8) is 0 Å². The fourth-order valence-corrected chi connectivity index (χ4v) is 2.89. The van der Waals surface area contributed by atoms with Crippen molar-refractivity contribution < 1.29 is 19.1 Å². The smallest absolute Gasteiger partial charge is 0.258 e. The van der Waals surface area contributed by atoms with Gasteiger partial charge in [0.25, 0.3) is 5.91 Å². The van der Waals surface area contributed by atoms with E-state index in [4.69, 9.17) is 15.2 Å². The zero-order valence-corrected chi connectivity index (χ0v) is 17.9. The normalized spacial score (nSPS) is 14.6. The lowest BCUT2D eigenvalue weighted by Gasteiger charge is -2.20. The van der Waals surface area contributed by atoms with Crippen molar-refractivity contribution in [2.75, 3.05) is 19.0 Å². The molecule has 2 atom stereocenters. The van der Waals surface area contributed by atoms with E-state index in [1.165, 1.54) is 7.11 Å². The second-order valence-corrected chi connectivity index (χ2v) is 7.21. The number of carbonyl (C=O) groups excluding carboxylic acids is 2. The SMILES string of the molecule is COc1ccc(NC(=O)C(C)C(N)c2ccccc2)cc1OCC(=O)NC1CC1.Cl. The minimum Gasteiger partial charge on any atom is -0.493 e. The van der Waals surface area contributed by atoms with Gasteiger partial charge >= 0.3 is 0 Å². The summed E-state index contributed by atoms with van der Waals surface area (Å²) in [5, 5.41) is 5.72. The third-order valence-corrected chi connectivity index (χ3v) is 4.87. The predicted molar refractivity (Wildman–Crippen MR) is 118 cm³/mol. The molecule has 0 aromatic heterocycles. The number of methoxy groups -OCH3 is 1. The highest BCUT2D eigenvalue weighted by Gasteiger charge is 2.24. The van der Waals surface area contributed by atoms with Gasteiger partial charge in [-0.1, -0.05) is 37.3 Å². The average molecular weight is 434 g/mol. The van der Waals surface area contributed by atoms with Crippen molar-refractivity contribution in [1.29, 1.82) is 0 Å². The first kappa shape index (κ1) is 23.5. The van der Waals surface area contributed by atoms with Crippen LogP contribution in [0.15, 0.2) is 48.5 Å². The maximum Gasteiger partial charge on any atom is 0.258 e. The molecular weight excluding hydrogens is 406 g/mol. The summed E-state index contributed by atoms with van der Waals surface area (Å²) < 4.78 is 10.9. The Bertz CT molecular complexity index is 859. The van der Waals surface area contributed by atoms with E-state index >= 15 is 0 Å². The molecule has 0 spiro atoms. The molecule has 30 heavy (non-hydrogen) atoms. The van der Waals surface area contributed by atoms with Gasteiger partial charge in [0.2, 0.25) is 5.91 Å². The van der Waals surface area contributed by atoms with Crippen molar-refractivity contribution in [3.05, 3.63) is 54.1 Å². The fraction of sp³-hybridized carbons (Fsp3) is 0.364. The summed E-state index contributed by atoms with van der Waals surface area (Å²) in [7, 11) is 1.52. The molecule has 2 amide bonds. The Morgan fingerprint density at radius 1 is 1.13 bits per heavy atom. The third kappa shape index (κ3) is 6.37. The molecule has 3 rings (SSSR count). The number of ether oxygens (including phenoxy) is 2. The number of hydrogen-bond acceptors (Lipinski definition) is 5. The second-order valence-electron chi connectivity index (χ2n) is 7.21. The van der Waals surface area contributed by atoms with Crippen LogP contribution in [-0.2, 0) is 9.59 Å². The highest BCUT2D eigenvalue weighted by Crippen LogP contribution is 2.31. The number of anilines is 1. The highest BCUT2D eigenvalue weighted by molar-refractivity contribution is 5.93. The third-order valence-electron chi connectivity index (χ3n) is 4.87. The monoisotopic (exact) mass is 433 g/mol. The molecule has 0 bridgehead atoms. The molecule has 1 saturated carbocycles. The minimum absolute atomic E-state index is 0. The topological polar surface area (TPSA) is 103 Å². The summed E-state index contributed by atoms with van der Waals surface area (Å²) >= 11 is 0. The second kappa shape index (κ2) is 10.8. The highest BCUT2D eigenvalue weighted by atomic mass is 35.5. The molecule has 0 heterocycles. The van der Waals surface area contributed by atoms with Gasteiger partial charge in [-0.2, -0.15) is 0 Å². The lowest BCUT2D eigenvalue weighted by molar-refractivity contribution is -0.123. The molecule has 2 aromatic carbocycles. The van der Waals surface area contributed by atoms with Crippen LogP contribution < -0.4 is 25.8 Å². The van der Waals surface area contributed by atoms with E-state index in [0.29, 0.717) is 17.2 Å². The van der Waals surface area contributed by atoms with E-state index in [-0.39, 0.29) is 36.9 Å². The van der Waals surface area contributed by atoms with E-state index in [1.54, 1.807) is 25.1 Å². The van der Waals surface area contributed by atoms with Gasteiger partial charge in [0, 0.05) is 23.8 Å². The van der Waals surface area contributed by atoms with Gasteiger partial charge in [-0.3, -0.25) is 9.59 Å². The number of carbonyl (C=O) groups is 2. The van der Waals surface area contributed by atoms with Crippen molar-refractivity contribution in [3.8, 4) is 11.5 Å². The number of benzene rings is 2. The van der Waals surface area contributed by atoms with E-state index in [9.17, 15) is 9.59 Å². The Labute approximate surface area is 182 Å². The Kier molecular flexibility index (Phi) is 8.50. The maximum absolute atomic E-state index is 12.7. The van der Waals surface area contributed by atoms with Crippen LogP contribution in [0.4, 0.5) is 5.69 Å². The number of nitrogens with one attached hydrogen (secondary N) is 2. The van der Waals surface area contributed by atoms with Crippen LogP contribution in [0.25, 0.3) is 0 Å². The van der Waals surface area contributed by atoms with Gasteiger partial charge in [-0.05, 0) is 30.5 Å². The molecule has 1 fully saturated rings. The van der Waals surface area contributed by atoms with Crippen LogP contribution >= 0.6 is 12.4 Å². The minimum atomic E-state index is -0.437. The summed E-state index contributed by atoms with van der Waals surface area (Å²) in [6, 6.07) is 14.4. The van der Waals surface area contributed by atoms with E-state index in [2.05, 4.69) is 10.6 Å². The lowest BCUT2D eigenvalue weighted by Crippen LogP contribution is -2.31. The van der Waals surface area contributed by atoms with Crippen molar-refractivity contribution >= 4 is 29.9 Å². The van der Waals surface area contributed by atoms with Crippen LogP contribution in [-0.4, -0.2) is 31.6 Å². The molecule has 1 aliphatic carbocycles. The summed E-state index contributed by atoms with van der Waals surface area (Å²) in [5.41, 5.74) is 7.69. The van der Waals surface area contributed by atoms with Crippen molar-refractivity contribution in [1.82, 2.24) is 5.32 Å². The van der Waals surface area contributed by atoms with Gasteiger partial charge < -0.3 is 25.8 Å². The number of amides is 2. The van der Waals surface area contributed by atoms with Gasteiger partial charge in [0.1, 0.15) is 0 Å². The number of rotatable bonds is 9. The Morgan fingerprint density at radius 3 is 2.47 bits per heavy atom. The van der Waals surface area contributed by atoms with E-state index in [0.717, 1.165) is 18.4 Å². The van der Waals surface area contributed by atoms with Gasteiger partial charge in [-0.15, -0.1) is 12.4 Å². The van der Waals surface area contributed by atoms with Crippen molar-refractivity contribution in [2.45, 2.75) is 31.8 Å². The van der Waals surface area contributed by atoms with Gasteiger partial charge in [-0.25, -0.2) is 0 Å². The zero-order valence-electron chi connectivity index (χ0n) is 17.1. The number of halogens is 1. The summed E-state index contributed by atoms with van der Waals surface area (Å²) in [6.07, 6.45) is 2.03. The Balaban J connectivity index is 0.00000320. The zero-order chi connectivity index (χ0) is 20.8. The predicted octanol–water partition coefficient (Wildman–Crippen LogP) is 3.05. The molecule has 2 unspecified atom stereocenters. The van der Waals surface area contributed by atoms with E-state index < -0.39 is 12.0 Å². The number of hydrogen-bond donors (Lipinski definition) is 3. The average Bonchev–Trinajstić information content (AvgIpc) is 3.55. The van der Waals surface area contributed by atoms with Crippen LogP contribution in [0.5, 0.6) is 11.5 Å². The first-order valence-corrected chi connectivity index (χ1v) is 9.69. The van der Waals surface area contributed by atoms with Gasteiger partial charge in [0.15, 0.2) is 18.1 Å². The molecule has 162 valence electrons. The van der Waals surface area contributed by atoms with Crippen LogP contribution in [0.3, 0.4) is 0 Å². The van der Waals surface area contributed by atoms with Crippen molar-refractivity contribution in [2.24, 2.45) is 11.7 Å². The van der Waals surface area contributed by atoms with Crippen LogP contribution in [0.1, 0.15) is 31.4 Å². The molecule has 1 aliphatic rings. The van der Waals surface area contributed by atoms with Crippen LogP contribution in [0.2, 0.25) is 0 Å². The maximum atomic E-state index is 12.7. The summed E-state index contributed by atoms with van der Waals surface area (Å²) in [6.45, 7) is 1.68. The quantitative estimate of drug-likeness (QED) is 0.564. The first-order chi connectivity index (χ1) is 14.0. The van der Waals surface area contributed by atoms with E-state index in [1.807, 2.05) is 30.3 Å². The Hall–Kier alpha value is -2.77. The molecule has 2 aromatic rings. The molecule has 0 radical (unpaired) electrons. The lowest BCUT2D eigenvalue weighted by atomic mass is 9.94. The van der Waals surface area contributed by atoms with Gasteiger partial charge in [0.05, 0.1) is 13.0 Å². The largest absolute Gasteiger partial charge is 0.493 e. The summed E-state index contributed by atoms with van der Waals surface area (Å²) in [4.78, 5) is 24.5. The standard InChI is InChI=1S/C22H27N3O4.ClH/c1-14(21(23)15-6-4-3-5-7-15)22(27)25-17-10-11-18(28-2)19(12-17)29-13-20(26)24-16-8-9-16;/h3-7,10-12,14,16,21H,8-9,13,23H2,1-2H3,(H,24,26)(H,25,27);1H. The number of nitrogens with two attached hydrogens (primary N) is 1. The molecule has 7 nitrogen and oxygen atoms in total. The molecule has 8 heteroatoms. The summed E-state index contributed by atoms with van der Waals surface area (Å²) in [5.74, 6) is 0.0519. The molecule has 0 aliphatic heterocycles. The Morgan fingerprint density at radius 2 is 1.83 bits per heavy atom. The molecule has 4 N–H and O–H groups in total.